The van der Waals surface area contributed by atoms with Gasteiger partial charge in [0.25, 0.3) is 5.56 Å². The van der Waals surface area contributed by atoms with Gasteiger partial charge >= 0.3 is 5.97 Å². The van der Waals surface area contributed by atoms with Gasteiger partial charge in [-0.15, -0.1) is 11.3 Å². The molecule has 3 aromatic heterocycles. The standard InChI is InChI=1S/C21H20N4O3S/c1-10-7-8-13-15(9-10)29-20-16(13)19(26)22-18(23-20)11(2)28-21(27)17-12-5-3-4-6-14(12)24-25-17/h3-6,10-11H,7-9H2,1-2H3,(H,24,25)(H,22,23,26)/t10-,11+/m0/s1. The molecule has 0 radical (unpaired) electrons. The van der Waals surface area contributed by atoms with E-state index in [2.05, 4.69) is 27.1 Å². The van der Waals surface area contributed by atoms with Crippen LogP contribution in [0.3, 0.4) is 0 Å². The monoisotopic (exact) mass is 408 g/mol. The Morgan fingerprint density at radius 1 is 1.34 bits per heavy atom. The Bertz CT molecular complexity index is 1300. The normalized spacial score (nSPS) is 17.4. The first kappa shape index (κ1) is 18.1. The topological polar surface area (TPSA) is 101 Å². The lowest BCUT2D eigenvalue weighted by Gasteiger charge is -2.17. The van der Waals surface area contributed by atoms with Crippen LogP contribution in [0.25, 0.3) is 21.1 Å². The molecule has 7 nitrogen and oxygen atoms in total. The van der Waals surface area contributed by atoms with Gasteiger partial charge in [0.05, 0.1) is 10.9 Å². The smallest absolute Gasteiger partial charge is 0.360 e. The van der Waals surface area contributed by atoms with Crippen LogP contribution in [0.4, 0.5) is 0 Å². The number of carbonyl (C=O) groups is 1. The summed E-state index contributed by atoms with van der Waals surface area (Å²) in [5.41, 5.74) is 1.95. The Labute approximate surface area is 170 Å². The number of H-pyrrole nitrogens is 2. The molecule has 0 bridgehead atoms. The van der Waals surface area contributed by atoms with E-state index in [4.69, 9.17) is 4.74 Å². The minimum Gasteiger partial charge on any atom is -0.450 e. The van der Waals surface area contributed by atoms with Crippen LogP contribution < -0.4 is 5.56 Å². The number of benzene rings is 1. The van der Waals surface area contributed by atoms with Crippen molar-refractivity contribution in [2.75, 3.05) is 0 Å². The van der Waals surface area contributed by atoms with E-state index in [1.165, 1.54) is 4.88 Å². The van der Waals surface area contributed by atoms with Gasteiger partial charge < -0.3 is 9.72 Å². The quantitative estimate of drug-likeness (QED) is 0.501. The number of fused-ring (bicyclic) bond motifs is 4. The van der Waals surface area contributed by atoms with E-state index in [9.17, 15) is 9.59 Å². The summed E-state index contributed by atoms with van der Waals surface area (Å²) in [6, 6.07) is 7.35. The highest BCUT2D eigenvalue weighted by Gasteiger charge is 2.25. The Morgan fingerprint density at radius 3 is 3.03 bits per heavy atom. The highest BCUT2D eigenvalue weighted by atomic mass is 32.1. The second-order valence-electron chi connectivity index (χ2n) is 7.65. The molecular formula is C21H20N4O3S. The van der Waals surface area contributed by atoms with E-state index < -0.39 is 12.1 Å². The predicted octanol–water partition coefficient (Wildman–Crippen LogP) is 3.90. The van der Waals surface area contributed by atoms with Crippen LogP contribution in [-0.2, 0) is 17.6 Å². The van der Waals surface area contributed by atoms with Gasteiger partial charge in [-0.05, 0) is 43.7 Å². The van der Waals surface area contributed by atoms with Gasteiger partial charge in [0.1, 0.15) is 4.83 Å². The number of aromatic nitrogens is 4. The van der Waals surface area contributed by atoms with Crippen LogP contribution in [0.2, 0.25) is 0 Å². The summed E-state index contributed by atoms with van der Waals surface area (Å²) in [5.74, 6) is 0.414. The lowest BCUT2D eigenvalue weighted by molar-refractivity contribution is 0.0315. The minimum absolute atomic E-state index is 0.162. The van der Waals surface area contributed by atoms with Crippen LogP contribution >= 0.6 is 11.3 Å². The van der Waals surface area contributed by atoms with Crippen LogP contribution in [-0.4, -0.2) is 26.1 Å². The van der Waals surface area contributed by atoms with Crippen molar-refractivity contribution in [3.05, 3.63) is 56.6 Å². The summed E-state index contributed by atoms with van der Waals surface area (Å²) >= 11 is 1.58. The fourth-order valence-electron chi connectivity index (χ4n) is 3.95. The Morgan fingerprint density at radius 2 is 2.17 bits per heavy atom. The highest BCUT2D eigenvalue weighted by Crippen LogP contribution is 2.36. The lowest BCUT2D eigenvalue weighted by atomic mass is 9.89. The molecule has 0 saturated heterocycles. The molecule has 5 rings (SSSR count). The van der Waals surface area contributed by atoms with E-state index in [0.717, 1.165) is 35.2 Å². The van der Waals surface area contributed by atoms with E-state index in [1.54, 1.807) is 18.3 Å². The van der Waals surface area contributed by atoms with Crippen molar-refractivity contribution in [1.82, 2.24) is 20.2 Å². The van der Waals surface area contributed by atoms with E-state index in [1.807, 2.05) is 24.3 Å². The van der Waals surface area contributed by atoms with Gasteiger partial charge in [0.2, 0.25) is 0 Å². The highest BCUT2D eigenvalue weighted by molar-refractivity contribution is 7.18. The molecule has 3 heterocycles. The second-order valence-corrected chi connectivity index (χ2v) is 8.73. The largest absolute Gasteiger partial charge is 0.450 e. The Hall–Kier alpha value is -3.00. The van der Waals surface area contributed by atoms with E-state index in [-0.39, 0.29) is 11.3 Å². The SMILES string of the molecule is C[C@H]1CCc2c(sc3nc([C@@H](C)OC(=O)c4n[nH]c5ccccc45)[nH]c(=O)c23)C1. The van der Waals surface area contributed by atoms with Crippen molar-refractivity contribution in [2.45, 2.75) is 39.2 Å². The number of esters is 1. The zero-order valence-corrected chi connectivity index (χ0v) is 16.9. The van der Waals surface area contributed by atoms with Crippen LogP contribution in [0, 0.1) is 5.92 Å². The van der Waals surface area contributed by atoms with Gasteiger partial charge in [-0.1, -0.05) is 25.1 Å². The maximum absolute atomic E-state index is 12.8. The van der Waals surface area contributed by atoms with Gasteiger partial charge in [0.15, 0.2) is 17.6 Å². The molecule has 1 aliphatic rings. The number of thiophene rings is 1. The number of nitrogens with one attached hydrogen (secondary N) is 2. The molecule has 1 aliphatic carbocycles. The minimum atomic E-state index is -0.701. The maximum Gasteiger partial charge on any atom is 0.360 e. The van der Waals surface area contributed by atoms with Gasteiger partial charge in [-0.2, -0.15) is 5.10 Å². The zero-order valence-electron chi connectivity index (χ0n) is 16.1. The third-order valence-electron chi connectivity index (χ3n) is 5.52. The summed E-state index contributed by atoms with van der Waals surface area (Å²) in [6.07, 6.45) is 2.29. The number of aryl methyl sites for hydroxylation is 1. The van der Waals surface area contributed by atoms with Gasteiger partial charge in [-0.3, -0.25) is 9.89 Å². The third kappa shape index (κ3) is 3.04. The lowest BCUT2D eigenvalue weighted by Crippen LogP contribution is -2.18. The number of hydrogen-bond donors (Lipinski definition) is 2. The molecule has 0 aliphatic heterocycles. The number of carbonyl (C=O) groups excluding carboxylic acids is 1. The number of aromatic amines is 2. The molecule has 4 aromatic rings. The fourth-order valence-corrected chi connectivity index (χ4v) is 5.34. The zero-order chi connectivity index (χ0) is 20.1. The predicted molar refractivity (Wildman–Crippen MR) is 111 cm³/mol. The van der Waals surface area contributed by atoms with Crippen molar-refractivity contribution in [1.29, 1.82) is 0 Å². The summed E-state index contributed by atoms with van der Waals surface area (Å²) in [5, 5.41) is 8.28. The summed E-state index contributed by atoms with van der Waals surface area (Å²) in [4.78, 5) is 34.8. The molecule has 2 atom stereocenters. The molecule has 8 heteroatoms. The number of para-hydroxylation sites is 1. The van der Waals surface area contributed by atoms with Crippen molar-refractivity contribution >= 4 is 38.4 Å². The second kappa shape index (κ2) is 6.81. The number of hydrogen-bond acceptors (Lipinski definition) is 6. The van der Waals surface area contributed by atoms with Crippen molar-refractivity contribution in [3.63, 3.8) is 0 Å². The van der Waals surface area contributed by atoms with Crippen LogP contribution in [0.1, 0.15) is 53.1 Å². The molecule has 148 valence electrons. The number of nitrogens with zero attached hydrogens (tertiary/aromatic N) is 2. The maximum atomic E-state index is 12.8. The molecule has 29 heavy (non-hydrogen) atoms. The summed E-state index contributed by atoms with van der Waals surface area (Å²) in [7, 11) is 0. The van der Waals surface area contributed by atoms with Gasteiger partial charge in [-0.25, -0.2) is 9.78 Å². The fraction of sp³-hybridized carbons (Fsp3) is 0.333. The van der Waals surface area contributed by atoms with Crippen molar-refractivity contribution < 1.29 is 9.53 Å². The molecule has 0 spiro atoms. The molecule has 2 N–H and O–H groups in total. The number of rotatable bonds is 3. The summed E-state index contributed by atoms with van der Waals surface area (Å²) < 4.78 is 5.56. The molecule has 1 aromatic carbocycles. The summed E-state index contributed by atoms with van der Waals surface area (Å²) in [6.45, 7) is 3.93. The van der Waals surface area contributed by atoms with Crippen LogP contribution in [0.5, 0.6) is 0 Å². The van der Waals surface area contributed by atoms with Crippen molar-refractivity contribution in [2.24, 2.45) is 5.92 Å². The van der Waals surface area contributed by atoms with Crippen LogP contribution in [0.15, 0.2) is 29.1 Å². The molecular weight excluding hydrogens is 388 g/mol. The Kier molecular flexibility index (Phi) is 4.24. The number of ether oxygens (including phenoxy) is 1. The third-order valence-corrected chi connectivity index (χ3v) is 6.66. The van der Waals surface area contributed by atoms with E-state index >= 15 is 0 Å². The first-order valence-electron chi connectivity index (χ1n) is 9.70. The Balaban J connectivity index is 1.46. The molecule has 0 unspecified atom stereocenters. The first-order chi connectivity index (χ1) is 14.0. The van der Waals surface area contributed by atoms with E-state index in [0.29, 0.717) is 22.5 Å². The molecule has 0 fully saturated rings. The molecule has 0 amide bonds. The first-order valence-corrected chi connectivity index (χ1v) is 10.5. The average molecular weight is 408 g/mol. The van der Waals surface area contributed by atoms with Gasteiger partial charge in [0, 0.05) is 10.3 Å². The molecule has 0 saturated carbocycles. The average Bonchev–Trinajstić information content (AvgIpc) is 3.28. The van der Waals surface area contributed by atoms with Crippen molar-refractivity contribution in [3.8, 4) is 0 Å².